The number of hydrogen-bond acceptors (Lipinski definition) is 5. The molecule has 1 atom stereocenters. The van der Waals surface area contributed by atoms with Gasteiger partial charge in [0.2, 0.25) is 0 Å². The lowest BCUT2D eigenvalue weighted by Crippen LogP contribution is -2.22. The van der Waals surface area contributed by atoms with Gasteiger partial charge in [-0.15, -0.1) is 0 Å². The number of benzene rings is 1. The van der Waals surface area contributed by atoms with Crippen LogP contribution < -0.4 is 10.6 Å². The Labute approximate surface area is 146 Å². The summed E-state index contributed by atoms with van der Waals surface area (Å²) in [5.74, 6) is 0.610. The highest BCUT2D eigenvalue weighted by Gasteiger charge is 2.08. The first-order chi connectivity index (χ1) is 12.2. The van der Waals surface area contributed by atoms with Gasteiger partial charge in [0.15, 0.2) is 0 Å². The Morgan fingerprint density at radius 2 is 2.00 bits per heavy atom. The molecule has 3 rings (SSSR count). The van der Waals surface area contributed by atoms with Crippen LogP contribution in [-0.4, -0.2) is 32.2 Å². The summed E-state index contributed by atoms with van der Waals surface area (Å²) in [6.07, 6.45) is 4.75. The van der Waals surface area contributed by atoms with Crippen LogP contribution in [0.3, 0.4) is 0 Å². The van der Waals surface area contributed by atoms with E-state index in [1.807, 2.05) is 37.3 Å². The van der Waals surface area contributed by atoms with E-state index in [1.165, 1.54) is 6.33 Å². The third-order valence-corrected chi connectivity index (χ3v) is 3.80. The molecule has 1 aromatic carbocycles. The molecule has 0 unspecified atom stereocenters. The van der Waals surface area contributed by atoms with Crippen molar-refractivity contribution in [3.05, 3.63) is 66.4 Å². The van der Waals surface area contributed by atoms with Gasteiger partial charge < -0.3 is 10.6 Å². The highest BCUT2D eigenvalue weighted by Crippen LogP contribution is 2.19. The molecule has 2 aromatic heterocycles. The Bertz CT molecular complexity index is 812. The normalized spacial score (nSPS) is 11.8. The van der Waals surface area contributed by atoms with Crippen molar-refractivity contribution in [1.29, 1.82) is 0 Å². The zero-order valence-corrected chi connectivity index (χ0v) is 14.2. The molecule has 0 bridgehead atoms. The van der Waals surface area contributed by atoms with Gasteiger partial charge in [0.25, 0.3) is 5.91 Å². The molecule has 0 spiro atoms. The Balaban J connectivity index is 1.65. The van der Waals surface area contributed by atoms with Crippen LogP contribution >= 0.6 is 0 Å². The van der Waals surface area contributed by atoms with Crippen molar-refractivity contribution in [3.8, 4) is 5.69 Å². The molecule has 7 nitrogen and oxygen atoms in total. The summed E-state index contributed by atoms with van der Waals surface area (Å²) in [4.78, 5) is 20.0. The molecule has 2 heterocycles. The van der Waals surface area contributed by atoms with Crippen LogP contribution in [0.5, 0.6) is 0 Å². The number of amides is 1. The zero-order chi connectivity index (χ0) is 17.6. The summed E-state index contributed by atoms with van der Waals surface area (Å²) in [6, 6.07) is 11.7. The molecule has 1 amide bonds. The molecule has 0 saturated carbocycles. The van der Waals surface area contributed by atoms with Gasteiger partial charge in [0.1, 0.15) is 18.5 Å². The summed E-state index contributed by atoms with van der Waals surface area (Å²) >= 11 is 0. The lowest BCUT2D eigenvalue weighted by Gasteiger charge is -2.15. The van der Waals surface area contributed by atoms with E-state index in [0.717, 1.165) is 17.1 Å². The maximum Gasteiger partial charge on any atom is 0.252 e. The predicted octanol–water partition coefficient (Wildman–Crippen LogP) is 2.59. The van der Waals surface area contributed by atoms with E-state index < -0.39 is 0 Å². The topological polar surface area (TPSA) is 84.7 Å². The highest BCUT2D eigenvalue weighted by atomic mass is 16.1. The molecule has 0 aliphatic carbocycles. The molecule has 0 fully saturated rings. The summed E-state index contributed by atoms with van der Waals surface area (Å²) in [5.41, 5.74) is 2.63. The van der Waals surface area contributed by atoms with Gasteiger partial charge in [-0.2, -0.15) is 5.10 Å². The van der Waals surface area contributed by atoms with E-state index in [9.17, 15) is 4.79 Å². The molecule has 0 radical (unpaired) electrons. The van der Waals surface area contributed by atoms with Crippen LogP contribution in [0.4, 0.5) is 5.82 Å². The van der Waals surface area contributed by atoms with Gasteiger partial charge in [0, 0.05) is 18.8 Å². The van der Waals surface area contributed by atoms with E-state index in [-0.39, 0.29) is 11.9 Å². The van der Waals surface area contributed by atoms with E-state index >= 15 is 0 Å². The molecule has 25 heavy (non-hydrogen) atoms. The monoisotopic (exact) mass is 336 g/mol. The van der Waals surface area contributed by atoms with E-state index in [4.69, 9.17) is 0 Å². The lowest BCUT2D eigenvalue weighted by molar-refractivity contribution is 0.0955. The standard InChI is InChI=1S/C18H20N6O/c1-3-20-18(25)15-6-9-17(21-10-15)23-13(2)14-4-7-16(8-5-14)24-12-19-11-22-24/h4-13H,3H2,1-2H3,(H,20,25)(H,21,23)/t13-/m0/s1. The first kappa shape index (κ1) is 16.6. The second-order valence-corrected chi connectivity index (χ2v) is 5.59. The summed E-state index contributed by atoms with van der Waals surface area (Å²) in [7, 11) is 0. The van der Waals surface area contributed by atoms with Crippen LogP contribution in [0.15, 0.2) is 55.2 Å². The lowest BCUT2D eigenvalue weighted by atomic mass is 10.1. The molecule has 3 aromatic rings. The summed E-state index contributed by atoms with van der Waals surface area (Å²) in [5, 5.41) is 10.2. The number of aromatic nitrogens is 4. The van der Waals surface area contributed by atoms with E-state index in [2.05, 4.69) is 32.6 Å². The fraction of sp³-hybridized carbons (Fsp3) is 0.222. The van der Waals surface area contributed by atoms with Gasteiger partial charge in [-0.25, -0.2) is 14.6 Å². The molecule has 0 saturated heterocycles. The van der Waals surface area contributed by atoms with E-state index in [0.29, 0.717) is 12.1 Å². The first-order valence-electron chi connectivity index (χ1n) is 8.13. The highest BCUT2D eigenvalue weighted by molar-refractivity contribution is 5.93. The molecular weight excluding hydrogens is 316 g/mol. The summed E-state index contributed by atoms with van der Waals surface area (Å²) < 4.78 is 1.71. The van der Waals surface area contributed by atoms with Gasteiger partial charge in [-0.05, 0) is 43.7 Å². The van der Waals surface area contributed by atoms with Crippen molar-refractivity contribution in [3.63, 3.8) is 0 Å². The summed E-state index contributed by atoms with van der Waals surface area (Å²) in [6.45, 7) is 4.54. The minimum atomic E-state index is -0.113. The number of nitrogens with zero attached hydrogens (tertiary/aromatic N) is 4. The number of carbonyl (C=O) groups is 1. The second kappa shape index (κ2) is 7.57. The number of pyridine rings is 1. The fourth-order valence-electron chi connectivity index (χ4n) is 2.44. The van der Waals surface area contributed by atoms with Crippen LogP contribution in [0.2, 0.25) is 0 Å². The minimum absolute atomic E-state index is 0.0765. The maximum absolute atomic E-state index is 11.7. The Kier molecular flexibility index (Phi) is 5.03. The number of carbonyl (C=O) groups excluding carboxylic acids is 1. The molecular formula is C18H20N6O. The fourth-order valence-corrected chi connectivity index (χ4v) is 2.44. The van der Waals surface area contributed by atoms with Crippen LogP contribution in [0.25, 0.3) is 5.69 Å². The molecule has 0 aliphatic heterocycles. The van der Waals surface area contributed by atoms with Crippen LogP contribution in [-0.2, 0) is 0 Å². The SMILES string of the molecule is CCNC(=O)c1ccc(N[C@@H](C)c2ccc(-n3cncn3)cc2)nc1. The Morgan fingerprint density at radius 1 is 1.20 bits per heavy atom. The number of nitrogens with one attached hydrogen (secondary N) is 2. The molecule has 2 N–H and O–H groups in total. The van der Waals surface area contributed by atoms with Crippen molar-refractivity contribution in [2.24, 2.45) is 0 Å². The average molecular weight is 336 g/mol. The molecule has 0 aliphatic rings. The van der Waals surface area contributed by atoms with Crippen molar-refractivity contribution in [2.75, 3.05) is 11.9 Å². The van der Waals surface area contributed by atoms with Gasteiger partial charge in [-0.3, -0.25) is 4.79 Å². The minimum Gasteiger partial charge on any atom is -0.364 e. The quantitative estimate of drug-likeness (QED) is 0.723. The van der Waals surface area contributed by atoms with Crippen molar-refractivity contribution in [1.82, 2.24) is 25.1 Å². The number of hydrogen-bond donors (Lipinski definition) is 2. The smallest absolute Gasteiger partial charge is 0.252 e. The molecule has 128 valence electrons. The number of anilines is 1. The third kappa shape index (κ3) is 4.00. The van der Waals surface area contributed by atoms with Crippen LogP contribution in [0.1, 0.15) is 35.8 Å². The maximum atomic E-state index is 11.7. The first-order valence-corrected chi connectivity index (χ1v) is 8.13. The van der Waals surface area contributed by atoms with E-state index in [1.54, 1.807) is 23.3 Å². The Morgan fingerprint density at radius 3 is 2.60 bits per heavy atom. The third-order valence-electron chi connectivity index (χ3n) is 3.80. The zero-order valence-electron chi connectivity index (χ0n) is 14.2. The largest absolute Gasteiger partial charge is 0.364 e. The number of rotatable bonds is 6. The van der Waals surface area contributed by atoms with Gasteiger partial charge in [0.05, 0.1) is 11.3 Å². The van der Waals surface area contributed by atoms with Gasteiger partial charge >= 0.3 is 0 Å². The van der Waals surface area contributed by atoms with Crippen molar-refractivity contribution in [2.45, 2.75) is 19.9 Å². The van der Waals surface area contributed by atoms with Crippen molar-refractivity contribution >= 4 is 11.7 Å². The van der Waals surface area contributed by atoms with Crippen LogP contribution in [0, 0.1) is 0 Å². The predicted molar refractivity (Wildman–Crippen MR) is 95.6 cm³/mol. The Hall–Kier alpha value is -3.22. The molecule has 7 heteroatoms. The second-order valence-electron chi connectivity index (χ2n) is 5.59. The van der Waals surface area contributed by atoms with Crippen molar-refractivity contribution < 1.29 is 4.79 Å². The van der Waals surface area contributed by atoms with Gasteiger partial charge in [-0.1, -0.05) is 12.1 Å². The average Bonchev–Trinajstić information content (AvgIpc) is 3.17.